The Bertz CT molecular complexity index is 709. The van der Waals surface area contributed by atoms with Gasteiger partial charge < -0.3 is 10.3 Å². The summed E-state index contributed by atoms with van der Waals surface area (Å²) >= 11 is 0. The van der Waals surface area contributed by atoms with Crippen molar-refractivity contribution in [2.75, 3.05) is 0 Å². The summed E-state index contributed by atoms with van der Waals surface area (Å²) in [5.41, 5.74) is -0.150. The van der Waals surface area contributed by atoms with Gasteiger partial charge in [0.05, 0.1) is 4.92 Å². The van der Waals surface area contributed by atoms with E-state index >= 15 is 0 Å². The molecule has 1 heterocycles. The van der Waals surface area contributed by atoms with Crippen molar-refractivity contribution in [1.29, 1.82) is 0 Å². The number of H-pyrrole nitrogens is 1. The van der Waals surface area contributed by atoms with Gasteiger partial charge in [-0.1, -0.05) is 18.2 Å². The SMILES string of the molecule is O=C(NCc1ccccc1[N+](=O)[O-])c1c[nH]ccc1=O. The highest BCUT2D eigenvalue weighted by atomic mass is 16.6. The maximum absolute atomic E-state index is 11.8. The van der Waals surface area contributed by atoms with E-state index in [9.17, 15) is 19.7 Å². The van der Waals surface area contributed by atoms with Gasteiger partial charge in [0.1, 0.15) is 5.56 Å². The minimum absolute atomic E-state index is 0.0235. The number of amides is 1. The van der Waals surface area contributed by atoms with E-state index in [-0.39, 0.29) is 17.8 Å². The van der Waals surface area contributed by atoms with Gasteiger partial charge in [-0.2, -0.15) is 0 Å². The van der Waals surface area contributed by atoms with E-state index < -0.39 is 16.3 Å². The molecule has 1 amide bonds. The lowest BCUT2D eigenvalue weighted by molar-refractivity contribution is -0.385. The van der Waals surface area contributed by atoms with Gasteiger partial charge in [0.25, 0.3) is 11.6 Å². The van der Waals surface area contributed by atoms with E-state index in [0.717, 1.165) is 0 Å². The quantitative estimate of drug-likeness (QED) is 0.645. The molecular weight excluding hydrogens is 262 g/mol. The molecule has 7 nitrogen and oxygen atoms in total. The summed E-state index contributed by atoms with van der Waals surface area (Å²) in [4.78, 5) is 36.2. The topological polar surface area (TPSA) is 105 Å². The van der Waals surface area contributed by atoms with Crippen LogP contribution in [0, 0.1) is 10.1 Å². The normalized spacial score (nSPS) is 10.0. The molecule has 2 aromatic rings. The minimum Gasteiger partial charge on any atom is -0.367 e. The highest BCUT2D eigenvalue weighted by Crippen LogP contribution is 2.17. The highest BCUT2D eigenvalue weighted by molar-refractivity contribution is 5.93. The standard InChI is InChI=1S/C13H11N3O4/c17-12-5-6-14-8-10(12)13(18)15-7-9-3-1-2-4-11(9)16(19)20/h1-6,8H,7H2,(H,14,17)(H,15,18). The molecule has 7 heteroatoms. The second-order valence-electron chi connectivity index (χ2n) is 3.99. The van der Waals surface area contributed by atoms with E-state index in [1.54, 1.807) is 18.2 Å². The molecule has 20 heavy (non-hydrogen) atoms. The molecular formula is C13H11N3O4. The first-order chi connectivity index (χ1) is 9.59. The summed E-state index contributed by atoms with van der Waals surface area (Å²) in [5, 5.41) is 13.3. The first kappa shape index (κ1) is 13.5. The Hall–Kier alpha value is -2.96. The molecule has 0 saturated heterocycles. The highest BCUT2D eigenvalue weighted by Gasteiger charge is 2.14. The molecule has 2 N–H and O–H groups in total. The van der Waals surface area contributed by atoms with Crippen molar-refractivity contribution >= 4 is 11.6 Å². The number of pyridine rings is 1. The summed E-state index contributed by atoms with van der Waals surface area (Å²) < 4.78 is 0. The van der Waals surface area contributed by atoms with Crippen LogP contribution < -0.4 is 10.7 Å². The van der Waals surface area contributed by atoms with Crippen molar-refractivity contribution in [3.63, 3.8) is 0 Å². The van der Waals surface area contributed by atoms with Gasteiger partial charge >= 0.3 is 0 Å². The molecule has 102 valence electrons. The van der Waals surface area contributed by atoms with Gasteiger partial charge in [0.2, 0.25) is 0 Å². The Morgan fingerprint density at radius 1 is 1.30 bits per heavy atom. The number of nitrogens with one attached hydrogen (secondary N) is 2. The summed E-state index contributed by atoms with van der Waals surface area (Å²) in [5.74, 6) is -0.579. The van der Waals surface area contributed by atoms with Crippen LogP contribution in [0.5, 0.6) is 0 Å². The molecule has 0 saturated carbocycles. The van der Waals surface area contributed by atoms with Gasteiger partial charge in [-0.25, -0.2) is 0 Å². The lowest BCUT2D eigenvalue weighted by atomic mass is 10.1. The van der Waals surface area contributed by atoms with Crippen LogP contribution in [0.25, 0.3) is 0 Å². The first-order valence-electron chi connectivity index (χ1n) is 5.77. The second-order valence-corrected chi connectivity index (χ2v) is 3.99. The smallest absolute Gasteiger partial charge is 0.274 e. The van der Waals surface area contributed by atoms with Crippen molar-refractivity contribution < 1.29 is 9.72 Å². The van der Waals surface area contributed by atoms with Gasteiger partial charge in [0, 0.05) is 36.6 Å². The van der Waals surface area contributed by atoms with Gasteiger partial charge in [-0.05, 0) is 0 Å². The van der Waals surface area contributed by atoms with Crippen LogP contribution in [-0.2, 0) is 6.54 Å². The molecule has 0 radical (unpaired) electrons. The molecule has 0 fully saturated rings. The van der Waals surface area contributed by atoms with Crippen molar-refractivity contribution in [3.05, 3.63) is 74.2 Å². The Morgan fingerprint density at radius 2 is 2.05 bits per heavy atom. The number of hydrogen-bond donors (Lipinski definition) is 2. The van der Waals surface area contributed by atoms with Crippen molar-refractivity contribution in [1.82, 2.24) is 10.3 Å². The lowest BCUT2D eigenvalue weighted by Crippen LogP contribution is -2.28. The summed E-state index contributed by atoms with van der Waals surface area (Å²) in [7, 11) is 0. The largest absolute Gasteiger partial charge is 0.367 e. The fourth-order valence-electron chi connectivity index (χ4n) is 1.70. The summed E-state index contributed by atoms with van der Waals surface area (Å²) in [6, 6.07) is 7.33. The van der Waals surface area contributed by atoms with E-state index in [1.807, 2.05) is 0 Å². The van der Waals surface area contributed by atoms with E-state index in [4.69, 9.17) is 0 Å². The van der Waals surface area contributed by atoms with Gasteiger partial charge in [-0.15, -0.1) is 0 Å². The number of carbonyl (C=O) groups excluding carboxylic acids is 1. The predicted molar refractivity (Wildman–Crippen MR) is 71.3 cm³/mol. The van der Waals surface area contributed by atoms with E-state index in [2.05, 4.69) is 10.3 Å². The van der Waals surface area contributed by atoms with Gasteiger partial charge in [-0.3, -0.25) is 19.7 Å². The Morgan fingerprint density at radius 3 is 2.75 bits per heavy atom. The van der Waals surface area contributed by atoms with Crippen LogP contribution in [0.1, 0.15) is 15.9 Å². The average molecular weight is 273 g/mol. The Labute approximate surface area is 113 Å². The number of aromatic amines is 1. The Kier molecular flexibility index (Phi) is 3.90. The second kappa shape index (κ2) is 5.79. The number of rotatable bonds is 4. The van der Waals surface area contributed by atoms with Crippen molar-refractivity contribution in [2.24, 2.45) is 0 Å². The van der Waals surface area contributed by atoms with Crippen LogP contribution in [0.2, 0.25) is 0 Å². The number of nitro groups is 1. The fourth-order valence-corrected chi connectivity index (χ4v) is 1.70. The third-order valence-corrected chi connectivity index (χ3v) is 2.70. The monoisotopic (exact) mass is 273 g/mol. The molecule has 0 aliphatic carbocycles. The molecule has 1 aromatic heterocycles. The molecule has 0 aliphatic rings. The summed E-state index contributed by atoms with van der Waals surface area (Å²) in [6.07, 6.45) is 2.71. The zero-order valence-corrected chi connectivity index (χ0v) is 10.3. The number of benzene rings is 1. The van der Waals surface area contributed by atoms with E-state index in [0.29, 0.717) is 5.56 Å². The molecule has 0 spiro atoms. The molecule has 0 atom stereocenters. The molecule has 0 aliphatic heterocycles. The number of hydrogen-bond acceptors (Lipinski definition) is 4. The van der Waals surface area contributed by atoms with Crippen LogP contribution in [0.3, 0.4) is 0 Å². The minimum atomic E-state index is -0.579. The first-order valence-corrected chi connectivity index (χ1v) is 5.77. The zero-order valence-electron chi connectivity index (χ0n) is 10.3. The van der Waals surface area contributed by atoms with Gasteiger partial charge in [0.15, 0.2) is 5.43 Å². The van der Waals surface area contributed by atoms with Crippen molar-refractivity contribution in [3.8, 4) is 0 Å². The lowest BCUT2D eigenvalue weighted by Gasteiger charge is -2.05. The number of nitro benzene ring substituents is 1. The maximum Gasteiger partial charge on any atom is 0.274 e. The fraction of sp³-hybridized carbons (Fsp3) is 0.0769. The third-order valence-electron chi connectivity index (χ3n) is 2.70. The van der Waals surface area contributed by atoms with Crippen LogP contribution in [0.15, 0.2) is 47.5 Å². The number of carbonyl (C=O) groups is 1. The number of aromatic nitrogens is 1. The van der Waals surface area contributed by atoms with Crippen LogP contribution in [-0.4, -0.2) is 15.8 Å². The molecule has 0 unspecified atom stereocenters. The molecule has 1 aromatic carbocycles. The zero-order chi connectivity index (χ0) is 14.5. The molecule has 2 rings (SSSR count). The van der Waals surface area contributed by atoms with Crippen molar-refractivity contribution in [2.45, 2.75) is 6.54 Å². The summed E-state index contributed by atoms with van der Waals surface area (Å²) in [6.45, 7) is -0.0235. The van der Waals surface area contributed by atoms with Crippen LogP contribution >= 0.6 is 0 Å². The third kappa shape index (κ3) is 2.89. The number of nitrogens with zero attached hydrogens (tertiary/aromatic N) is 1. The number of para-hydroxylation sites is 1. The predicted octanol–water partition coefficient (Wildman–Crippen LogP) is 1.21. The maximum atomic E-state index is 11.8. The average Bonchev–Trinajstić information content (AvgIpc) is 2.45. The van der Waals surface area contributed by atoms with E-state index in [1.165, 1.54) is 24.5 Å². The Balaban J connectivity index is 2.14. The molecule has 0 bridgehead atoms. The van der Waals surface area contributed by atoms with Crippen LogP contribution in [0.4, 0.5) is 5.69 Å².